The van der Waals surface area contributed by atoms with E-state index >= 15 is 0 Å². The molecule has 3 nitrogen and oxygen atoms in total. The molecule has 108 valence electrons. The first-order valence-corrected chi connectivity index (χ1v) is 7.16. The second-order valence-electron chi connectivity index (χ2n) is 5.26. The lowest BCUT2D eigenvalue weighted by Crippen LogP contribution is -2.17. The van der Waals surface area contributed by atoms with E-state index in [9.17, 15) is 0 Å². The van der Waals surface area contributed by atoms with Crippen molar-refractivity contribution in [1.29, 1.82) is 0 Å². The minimum Gasteiger partial charge on any atom is -0.491 e. The first kappa shape index (κ1) is 16.0. The molecule has 1 aromatic carbocycles. The van der Waals surface area contributed by atoms with Gasteiger partial charge in [0.15, 0.2) is 0 Å². The van der Waals surface area contributed by atoms with E-state index in [1.54, 1.807) is 0 Å². The third-order valence-electron chi connectivity index (χ3n) is 2.55. The molecular weight excluding hydrogens is 238 g/mol. The van der Waals surface area contributed by atoms with E-state index in [2.05, 4.69) is 31.3 Å². The first-order valence-electron chi connectivity index (χ1n) is 7.16. The molecule has 0 unspecified atom stereocenters. The molecule has 1 rings (SSSR count). The van der Waals surface area contributed by atoms with Crippen molar-refractivity contribution in [3.63, 3.8) is 0 Å². The molecule has 3 heteroatoms. The van der Waals surface area contributed by atoms with Crippen molar-refractivity contribution in [2.75, 3.05) is 13.2 Å². The molecule has 0 saturated heterocycles. The van der Waals surface area contributed by atoms with Crippen LogP contribution in [-0.4, -0.2) is 25.4 Å². The molecule has 0 aromatic heterocycles. The van der Waals surface area contributed by atoms with Gasteiger partial charge < -0.3 is 14.8 Å². The van der Waals surface area contributed by atoms with Gasteiger partial charge in [-0.15, -0.1) is 0 Å². The SMILES string of the molecule is CC(C)OCCCNCc1cccc(OC(C)C)c1. The summed E-state index contributed by atoms with van der Waals surface area (Å²) in [6.45, 7) is 10.9. The number of hydrogen-bond donors (Lipinski definition) is 1. The lowest BCUT2D eigenvalue weighted by atomic mass is 10.2. The minimum absolute atomic E-state index is 0.219. The highest BCUT2D eigenvalue weighted by molar-refractivity contribution is 5.28. The van der Waals surface area contributed by atoms with Gasteiger partial charge in [-0.2, -0.15) is 0 Å². The number of benzene rings is 1. The molecule has 19 heavy (non-hydrogen) atoms. The molecule has 0 aliphatic carbocycles. The van der Waals surface area contributed by atoms with Gasteiger partial charge in [0.05, 0.1) is 12.2 Å². The Bertz CT molecular complexity index is 350. The molecule has 0 aliphatic heterocycles. The molecule has 1 aromatic rings. The van der Waals surface area contributed by atoms with Crippen molar-refractivity contribution in [3.05, 3.63) is 29.8 Å². The van der Waals surface area contributed by atoms with Gasteiger partial charge >= 0.3 is 0 Å². The van der Waals surface area contributed by atoms with Crippen LogP contribution in [0, 0.1) is 0 Å². The summed E-state index contributed by atoms with van der Waals surface area (Å²) >= 11 is 0. The average Bonchev–Trinajstić information content (AvgIpc) is 2.33. The van der Waals surface area contributed by atoms with Crippen molar-refractivity contribution in [2.45, 2.75) is 52.9 Å². The topological polar surface area (TPSA) is 30.5 Å². The Morgan fingerprint density at radius 3 is 2.58 bits per heavy atom. The van der Waals surface area contributed by atoms with Gasteiger partial charge in [-0.05, 0) is 58.4 Å². The zero-order valence-electron chi connectivity index (χ0n) is 12.6. The van der Waals surface area contributed by atoms with E-state index in [4.69, 9.17) is 9.47 Å². The summed E-state index contributed by atoms with van der Waals surface area (Å²) in [5.41, 5.74) is 1.25. The molecule has 0 amide bonds. The first-order chi connectivity index (χ1) is 9.08. The van der Waals surface area contributed by atoms with Gasteiger partial charge in [-0.3, -0.25) is 0 Å². The fourth-order valence-corrected chi connectivity index (χ4v) is 1.75. The predicted molar refractivity (Wildman–Crippen MR) is 79.6 cm³/mol. The third-order valence-corrected chi connectivity index (χ3v) is 2.55. The Morgan fingerprint density at radius 2 is 1.89 bits per heavy atom. The van der Waals surface area contributed by atoms with E-state index in [0.717, 1.165) is 31.9 Å². The lowest BCUT2D eigenvalue weighted by Gasteiger charge is -2.11. The number of rotatable bonds is 9. The fourth-order valence-electron chi connectivity index (χ4n) is 1.75. The number of ether oxygens (including phenoxy) is 2. The summed E-state index contributed by atoms with van der Waals surface area (Å²) in [4.78, 5) is 0. The standard InChI is InChI=1S/C16H27NO2/c1-13(2)18-10-6-9-17-12-15-7-5-8-16(11-15)19-14(3)4/h5,7-8,11,13-14,17H,6,9-10,12H2,1-4H3. The Labute approximate surface area is 117 Å². The van der Waals surface area contributed by atoms with Gasteiger partial charge in [-0.1, -0.05) is 12.1 Å². The molecule has 0 saturated carbocycles. The summed E-state index contributed by atoms with van der Waals surface area (Å²) < 4.78 is 11.2. The highest BCUT2D eigenvalue weighted by Gasteiger charge is 1.99. The maximum atomic E-state index is 5.68. The summed E-state index contributed by atoms with van der Waals surface area (Å²) in [5.74, 6) is 0.942. The van der Waals surface area contributed by atoms with E-state index < -0.39 is 0 Å². The molecule has 0 bridgehead atoms. The summed E-state index contributed by atoms with van der Waals surface area (Å²) in [5, 5.41) is 3.42. The van der Waals surface area contributed by atoms with Gasteiger partial charge in [0.25, 0.3) is 0 Å². The normalized spacial score (nSPS) is 11.3. The summed E-state index contributed by atoms with van der Waals surface area (Å²) in [6.07, 6.45) is 1.58. The van der Waals surface area contributed by atoms with Gasteiger partial charge in [0.2, 0.25) is 0 Å². The maximum Gasteiger partial charge on any atom is 0.120 e. The fraction of sp³-hybridized carbons (Fsp3) is 0.625. The Kier molecular flexibility index (Phi) is 7.53. The zero-order chi connectivity index (χ0) is 14.1. The molecule has 0 atom stereocenters. The number of nitrogens with one attached hydrogen (secondary N) is 1. The van der Waals surface area contributed by atoms with Crippen molar-refractivity contribution >= 4 is 0 Å². The Morgan fingerprint density at radius 1 is 1.11 bits per heavy atom. The second kappa shape index (κ2) is 8.94. The second-order valence-corrected chi connectivity index (χ2v) is 5.26. The molecular formula is C16H27NO2. The molecule has 1 N–H and O–H groups in total. The largest absolute Gasteiger partial charge is 0.491 e. The van der Waals surface area contributed by atoms with E-state index in [1.807, 2.05) is 26.0 Å². The monoisotopic (exact) mass is 265 g/mol. The Balaban J connectivity index is 2.22. The van der Waals surface area contributed by atoms with E-state index in [-0.39, 0.29) is 6.10 Å². The van der Waals surface area contributed by atoms with Crippen LogP contribution in [-0.2, 0) is 11.3 Å². The highest BCUT2D eigenvalue weighted by Crippen LogP contribution is 2.14. The molecule has 0 aliphatic rings. The van der Waals surface area contributed by atoms with Crippen molar-refractivity contribution in [1.82, 2.24) is 5.32 Å². The predicted octanol–water partition coefficient (Wildman–Crippen LogP) is 3.38. The third kappa shape index (κ3) is 7.85. The van der Waals surface area contributed by atoms with Gasteiger partial charge in [0.1, 0.15) is 5.75 Å². The molecule has 0 heterocycles. The Hall–Kier alpha value is -1.06. The quantitative estimate of drug-likeness (QED) is 0.694. The lowest BCUT2D eigenvalue weighted by molar-refractivity contribution is 0.0770. The van der Waals surface area contributed by atoms with Crippen LogP contribution >= 0.6 is 0 Å². The van der Waals surface area contributed by atoms with Gasteiger partial charge in [-0.25, -0.2) is 0 Å². The minimum atomic E-state index is 0.219. The maximum absolute atomic E-state index is 5.68. The van der Waals surface area contributed by atoms with Crippen molar-refractivity contribution < 1.29 is 9.47 Å². The van der Waals surface area contributed by atoms with Crippen LogP contribution in [0.25, 0.3) is 0 Å². The average molecular weight is 265 g/mol. The summed E-state index contributed by atoms with van der Waals surface area (Å²) in [6, 6.07) is 8.25. The smallest absolute Gasteiger partial charge is 0.120 e. The zero-order valence-corrected chi connectivity index (χ0v) is 12.6. The van der Waals surface area contributed by atoms with Crippen molar-refractivity contribution in [3.8, 4) is 5.75 Å². The van der Waals surface area contributed by atoms with Crippen LogP contribution in [0.3, 0.4) is 0 Å². The van der Waals surface area contributed by atoms with Crippen LogP contribution in [0.2, 0.25) is 0 Å². The van der Waals surface area contributed by atoms with Crippen LogP contribution < -0.4 is 10.1 Å². The van der Waals surface area contributed by atoms with Crippen LogP contribution in [0.4, 0.5) is 0 Å². The van der Waals surface area contributed by atoms with E-state index in [0.29, 0.717) is 6.10 Å². The van der Waals surface area contributed by atoms with Gasteiger partial charge in [0, 0.05) is 13.2 Å². The molecule has 0 radical (unpaired) electrons. The van der Waals surface area contributed by atoms with Crippen LogP contribution in [0.5, 0.6) is 5.75 Å². The van der Waals surface area contributed by atoms with Crippen molar-refractivity contribution in [2.24, 2.45) is 0 Å². The number of hydrogen-bond acceptors (Lipinski definition) is 3. The van der Waals surface area contributed by atoms with Crippen LogP contribution in [0.1, 0.15) is 39.7 Å². The molecule has 0 spiro atoms. The summed E-state index contributed by atoms with van der Waals surface area (Å²) in [7, 11) is 0. The molecule has 0 fully saturated rings. The van der Waals surface area contributed by atoms with E-state index in [1.165, 1.54) is 5.56 Å². The van der Waals surface area contributed by atoms with Crippen LogP contribution in [0.15, 0.2) is 24.3 Å². The highest BCUT2D eigenvalue weighted by atomic mass is 16.5.